The van der Waals surface area contributed by atoms with Crippen molar-refractivity contribution < 1.29 is 5.11 Å². The second-order valence-corrected chi connectivity index (χ2v) is 20.7. The van der Waals surface area contributed by atoms with Crippen LogP contribution in [0.25, 0.3) is 95.0 Å². The van der Waals surface area contributed by atoms with Gasteiger partial charge in [-0.1, -0.05) is 175 Å². The molecular weight excluding hydrogens is 839 g/mol. The van der Waals surface area contributed by atoms with E-state index in [0.717, 1.165) is 78.0 Å². The third-order valence-electron chi connectivity index (χ3n) is 13.6. The molecule has 2 aromatic heterocycles. The average Bonchev–Trinajstić information content (AvgIpc) is 3.74. The average molecular weight is 898 g/mol. The molecule has 0 aliphatic carbocycles. The summed E-state index contributed by atoms with van der Waals surface area (Å²) in [5.41, 5.74) is 22.0. The van der Waals surface area contributed by atoms with E-state index in [0.29, 0.717) is 11.4 Å². The van der Waals surface area contributed by atoms with Gasteiger partial charge in [0.25, 0.3) is 0 Å². The molecule has 0 spiro atoms. The Morgan fingerprint density at radius 1 is 0.420 bits per heavy atom. The Labute approximate surface area is 407 Å². The van der Waals surface area contributed by atoms with Crippen molar-refractivity contribution in [3.63, 3.8) is 0 Å². The van der Waals surface area contributed by atoms with Crippen molar-refractivity contribution in [3.05, 3.63) is 216 Å². The van der Waals surface area contributed by atoms with Crippen LogP contribution in [-0.2, 0) is 10.8 Å². The van der Waals surface area contributed by atoms with Crippen LogP contribution in [0.15, 0.2) is 188 Å². The maximum Gasteiger partial charge on any atom is 0.149 e. The summed E-state index contributed by atoms with van der Waals surface area (Å²) in [7, 11) is 0. The highest BCUT2D eigenvalue weighted by Gasteiger charge is 2.25. The molecule has 8 aromatic carbocycles. The van der Waals surface area contributed by atoms with E-state index < -0.39 is 0 Å². The molecule has 0 bridgehead atoms. The molecule has 10 rings (SSSR count). The van der Waals surface area contributed by atoms with Crippen molar-refractivity contribution in [2.75, 3.05) is 0 Å². The summed E-state index contributed by atoms with van der Waals surface area (Å²) in [6.07, 6.45) is 1.92. The summed E-state index contributed by atoms with van der Waals surface area (Å²) in [5.74, 6) is 0.908. The van der Waals surface area contributed by atoms with Crippen molar-refractivity contribution in [2.45, 2.75) is 73.1 Å². The molecular formula is C65H59N3O. The van der Waals surface area contributed by atoms with Crippen LogP contribution in [0.1, 0.15) is 69.4 Å². The Balaban J connectivity index is 1.18. The lowest BCUT2D eigenvalue weighted by Crippen LogP contribution is -2.11. The number of para-hydroxylation sites is 1. The number of nitrogens with zero attached hydrogens (tertiary/aromatic N) is 3. The first-order valence-corrected chi connectivity index (χ1v) is 24.0. The van der Waals surface area contributed by atoms with Gasteiger partial charge in [0.15, 0.2) is 0 Å². The van der Waals surface area contributed by atoms with Gasteiger partial charge in [-0.15, -0.1) is 0 Å². The van der Waals surface area contributed by atoms with Crippen molar-refractivity contribution >= 4 is 11.0 Å². The molecule has 0 saturated carbocycles. The van der Waals surface area contributed by atoms with E-state index in [-0.39, 0.29) is 16.6 Å². The standard InChI is InChI=1S/C65H59N3O/c1-41-33-43(3)62(69)57(34-41)63-67-61-54(50-36-51(38-53(37-50)65(7,8)9)58-39-49(31-32-66-58)46-25-23-45(24-26-46)44-17-12-10-13-18-44)21-16-22-59(61)68(63)60-35-42(2)55(40-56(60)47-19-14-11-15-20-47)48-27-29-52(30-28-48)64(4,5)6/h10-40,69H,1-9H3. The van der Waals surface area contributed by atoms with E-state index in [9.17, 15) is 5.11 Å². The van der Waals surface area contributed by atoms with Gasteiger partial charge in [0.05, 0.1) is 28.0 Å². The molecule has 0 fully saturated rings. The molecule has 1 N–H and O–H groups in total. The van der Waals surface area contributed by atoms with E-state index in [1.54, 1.807) is 0 Å². The van der Waals surface area contributed by atoms with E-state index in [2.05, 4.69) is 236 Å². The van der Waals surface area contributed by atoms with Crippen LogP contribution in [0, 0.1) is 20.8 Å². The fraction of sp³-hybridized carbons (Fsp3) is 0.169. The monoisotopic (exact) mass is 897 g/mol. The first kappa shape index (κ1) is 45.0. The van der Waals surface area contributed by atoms with Crippen LogP contribution in [0.5, 0.6) is 5.75 Å². The molecule has 69 heavy (non-hydrogen) atoms. The zero-order chi connectivity index (χ0) is 48.2. The molecule has 0 aliphatic heterocycles. The first-order valence-electron chi connectivity index (χ1n) is 24.0. The van der Waals surface area contributed by atoms with E-state index in [4.69, 9.17) is 9.97 Å². The fourth-order valence-corrected chi connectivity index (χ4v) is 9.69. The first-order chi connectivity index (χ1) is 33.1. The molecule has 0 unspecified atom stereocenters. The minimum atomic E-state index is -0.157. The molecule has 0 radical (unpaired) electrons. The Morgan fingerprint density at radius 2 is 1.01 bits per heavy atom. The lowest BCUT2D eigenvalue weighted by Gasteiger charge is -2.22. The van der Waals surface area contributed by atoms with Crippen molar-refractivity contribution in [3.8, 4) is 89.7 Å². The molecule has 340 valence electrons. The highest BCUT2D eigenvalue weighted by Crippen LogP contribution is 2.44. The van der Waals surface area contributed by atoms with Crippen LogP contribution in [-0.4, -0.2) is 19.6 Å². The zero-order valence-corrected chi connectivity index (χ0v) is 41.2. The lowest BCUT2D eigenvalue weighted by atomic mass is 9.83. The van der Waals surface area contributed by atoms with Gasteiger partial charge >= 0.3 is 0 Å². The molecule has 0 atom stereocenters. The van der Waals surface area contributed by atoms with E-state index >= 15 is 0 Å². The van der Waals surface area contributed by atoms with Gasteiger partial charge in [0, 0.05) is 22.9 Å². The number of phenols is 1. The van der Waals surface area contributed by atoms with Crippen LogP contribution in [0.4, 0.5) is 0 Å². The quantitative estimate of drug-likeness (QED) is 0.165. The molecule has 0 amide bonds. The predicted molar refractivity (Wildman–Crippen MR) is 290 cm³/mol. The Bertz CT molecular complexity index is 3510. The molecule has 10 aromatic rings. The summed E-state index contributed by atoms with van der Waals surface area (Å²) in [5, 5.41) is 12.0. The van der Waals surface area contributed by atoms with Gasteiger partial charge in [-0.2, -0.15) is 0 Å². The Hall–Kier alpha value is -7.82. The summed E-state index contributed by atoms with van der Waals surface area (Å²) < 4.78 is 2.27. The Morgan fingerprint density at radius 3 is 1.68 bits per heavy atom. The number of phenolic OH excluding ortho intramolecular Hbond substituents is 1. The predicted octanol–water partition coefficient (Wildman–Crippen LogP) is 17.3. The maximum absolute atomic E-state index is 12.0. The van der Waals surface area contributed by atoms with Crippen LogP contribution < -0.4 is 0 Å². The second-order valence-electron chi connectivity index (χ2n) is 20.7. The topological polar surface area (TPSA) is 50.9 Å². The second kappa shape index (κ2) is 17.7. The highest BCUT2D eigenvalue weighted by atomic mass is 16.3. The third-order valence-corrected chi connectivity index (χ3v) is 13.6. The largest absolute Gasteiger partial charge is 0.507 e. The molecule has 4 heteroatoms. The zero-order valence-electron chi connectivity index (χ0n) is 41.2. The third kappa shape index (κ3) is 8.80. The maximum atomic E-state index is 12.0. The number of benzene rings is 8. The van der Waals surface area contributed by atoms with Gasteiger partial charge in [-0.3, -0.25) is 9.55 Å². The molecule has 0 aliphatic rings. The fourth-order valence-electron chi connectivity index (χ4n) is 9.69. The number of aryl methyl sites for hydroxylation is 3. The minimum Gasteiger partial charge on any atom is -0.507 e. The summed E-state index contributed by atoms with van der Waals surface area (Å²) in [6, 6.07) is 65.3. The molecule has 4 nitrogen and oxygen atoms in total. The van der Waals surface area contributed by atoms with Gasteiger partial charge in [0.1, 0.15) is 11.6 Å². The molecule has 2 heterocycles. The number of fused-ring (bicyclic) bond motifs is 1. The summed E-state index contributed by atoms with van der Waals surface area (Å²) in [6.45, 7) is 19.8. The van der Waals surface area contributed by atoms with Crippen LogP contribution in [0.3, 0.4) is 0 Å². The number of rotatable bonds is 8. The number of hydrogen-bond acceptors (Lipinski definition) is 3. The number of imidazole rings is 1. The Kier molecular flexibility index (Phi) is 11.5. The number of pyridine rings is 1. The van der Waals surface area contributed by atoms with E-state index in [1.165, 1.54) is 33.4 Å². The number of hydrogen-bond donors (Lipinski definition) is 1. The van der Waals surface area contributed by atoms with Crippen molar-refractivity contribution in [2.24, 2.45) is 0 Å². The van der Waals surface area contributed by atoms with Gasteiger partial charge in [0.2, 0.25) is 0 Å². The highest BCUT2D eigenvalue weighted by molar-refractivity contribution is 5.98. The van der Waals surface area contributed by atoms with Gasteiger partial charge in [-0.25, -0.2) is 4.98 Å². The molecule has 0 saturated heterocycles. The van der Waals surface area contributed by atoms with Gasteiger partial charge in [-0.05, 0) is 152 Å². The van der Waals surface area contributed by atoms with Crippen LogP contribution >= 0.6 is 0 Å². The van der Waals surface area contributed by atoms with Gasteiger partial charge < -0.3 is 5.11 Å². The summed E-state index contributed by atoms with van der Waals surface area (Å²) in [4.78, 5) is 10.6. The van der Waals surface area contributed by atoms with E-state index in [1.807, 2.05) is 19.2 Å². The van der Waals surface area contributed by atoms with Crippen molar-refractivity contribution in [1.82, 2.24) is 14.5 Å². The minimum absolute atomic E-state index is 0.0538. The smallest absolute Gasteiger partial charge is 0.149 e. The lowest BCUT2D eigenvalue weighted by molar-refractivity contribution is 0.472. The van der Waals surface area contributed by atoms with Crippen LogP contribution in [0.2, 0.25) is 0 Å². The SMILES string of the molecule is Cc1cc(C)c(O)c(-c2nc3c(-c4cc(-c5cc(-c6ccc(-c7ccccc7)cc6)ccn5)cc(C(C)(C)C)c4)cccc3n2-c2cc(C)c(-c3ccc(C(C)(C)C)cc3)cc2-c2ccccc2)c1. The van der Waals surface area contributed by atoms with Crippen molar-refractivity contribution in [1.29, 1.82) is 0 Å². The number of aromatic nitrogens is 3. The summed E-state index contributed by atoms with van der Waals surface area (Å²) >= 11 is 0. The normalized spacial score (nSPS) is 11.9. The number of aromatic hydroxyl groups is 1.